The second-order valence-electron chi connectivity index (χ2n) is 6.75. The summed E-state index contributed by atoms with van der Waals surface area (Å²) in [5.74, 6) is 0.430. The first kappa shape index (κ1) is 20.1. The summed E-state index contributed by atoms with van der Waals surface area (Å²) in [4.78, 5) is 26.0. The number of benzene rings is 2. The van der Waals surface area contributed by atoms with Gasteiger partial charge in [-0.1, -0.05) is 35.9 Å². The smallest absolute Gasteiger partial charge is 0.267 e. The molecule has 0 bridgehead atoms. The Bertz CT molecular complexity index is 1390. The average Bonchev–Trinajstić information content (AvgIpc) is 2.74. The summed E-state index contributed by atoms with van der Waals surface area (Å²) in [5.41, 5.74) is 12.3. The standard InChI is InChI=1S/C21H17ClN8O/c1-11(26-18-13(10-23)17(24)28-21(25)29-18)19-27-15-9-5-8-14(22)16(15)20(31)30(19)12-6-3-2-4-7-12/h2-9,11H,1H3,(H5,24,25,26,28,29). The van der Waals surface area contributed by atoms with Crippen LogP contribution in [0.1, 0.15) is 24.4 Å². The molecule has 154 valence electrons. The summed E-state index contributed by atoms with van der Waals surface area (Å²) < 4.78 is 1.48. The first-order valence-electron chi connectivity index (χ1n) is 9.27. The molecular formula is C21H17ClN8O. The quantitative estimate of drug-likeness (QED) is 0.445. The Hall–Kier alpha value is -4.16. The molecule has 0 aliphatic carbocycles. The van der Waals surface area contributed by atoms with Crippen LogP contribution in [0.25, 0.3) is 16.6 Å². The second-order valence-corrected chi connectivity index (χ2v) is 7.16. The molecule has 4 aromatic rings. The van der Waals surface area contributed by atoms with Gasteiger partial charge >= 0.3 is 0 Å². The molecule has 31 heavy (non-hydrogen) atoms. The molecule has 10 heteroatoms. The van der Waals surface area contributed by atoms with Crippen molar-refractivity contribution in [3.8, 4) is 11.8 Å². The van der Waals surface area contributed by atoms with Crippen LogP contribution >= 0.6 is 11.6 Å². The van der Waals surface area contributed by atoms with Gasteiger partial charge in [-0.3, -0.25) is 9.36 Å². The number of nitrogens with two attached hydrogens (primary N) is 2. The Kier molecular flexibility index (Phi) is 5.15. The Morgan fingerprint density at radius 3 is 2.55 bits per heavy atom. The van der Waals surface area contributed by atoms with Crippen LogP contribution in [0.3, 0.4) is 0 Å². The molecule has 0 saturated heterocycles. The van der Waals surface area contributed by atoms with Crippen molar-refractivity contribution in [3.05, 3.63) is 75.3 Å². The van der Waals surface area contributed by atoms with Crippen LogP contribution in [0.2, 0.25) is 5.02 Å². The summed E-state index contributed by atoms with van der Waals surface area (Å²) in [6.07, 6.45) is 0. The fourth-order valence-electron chi connectivity index (χ4n) is 3.30. The second kappa shape index (κ2) is 7.93. The lowest BCUT2D eigenvalue weighted by atomic mass is 10.2. The Morgan fingerprint density at radius 2 is 1.84 bits per heavy atom. The zero-order valence-electron chi connectivity index (χ0n) is 16.4. The monoisotopic (exact) mass is 432 g/mol. The van der Waals surface area contributed by atoms with E-state index in [-0.39, 0.29) is 28.7 Å². The van der Waals surface area contributed by atoms with E-state index in [4.69, 9.17) is 28.1 Å². The van der Waals surface area contributed by atoms with Gasteiger partial charge in [0.25, 0.3) is 5.56 Å². The predicted molar refractivity (Wildman–Crippen MR) is 120 cm³/mol. The first-order valence-corrected chi connectivity index (χ1v) is 9.64. The number of hydrogen-bond acceptors (Lipinski definition) is 8. The van der Waals surface area contributed by atoms with E-state index < -0.39 is 6.04 Å². The molecule has 2 aromatic heterocycles. The third-order valence-electron chi connectivity index (χ3n) is 4.69. The van der Waals surface area contributed by atoms with E-state index >= 15 is 0 Å². The number of fused-ring (bicyclic) bond motifs is 1. The van der Waals surface area contributed by atoms with Gasteiger partial charge in [0, 0.05) is 0 Å². The number of para-hydroxylation sites is 1. The molecule has 1 atom stereocenters. The summed E-state index contributed by atoms with van der Waals surface area (Å²) in [6.45, 7) is 1.78. The maximum Gasteiger partial charge on any atom is 0.267 e. The van der Waals surface area contributed by atoms with Gasteiger partial charge in [-0.05, 0) is 31.2 Å². The first-order chi connectivity index (χ1) is 14.9. The third-order valence-corrected chi connectivity index (χ3v) is 5.01. The number of aromatic nitrogens is 4. The van der Waals surface area contributed by atoms with Gasteiger partial charge in [0.2, 0.25) is 5.95 Å². The van der Waals surface area contributed by atoms with Crippen molar-refractivity contribution in [2.24, 2.45) is 0 Å². The molecular weight excluding hydrogens is 416 g/mol. The van der Waals surface area contributed by atoms with Crippen LogP contribution in [0, 0.1) is 11.3 Å². The van der Waals surface area contributed by atoms with Crippen LogP contribution in [0.4, 0.5) is 17.6 Å². The van der Waals surface area contributed by atoms with Gasteiger partial charge < -0.3 is 16.8 Å². The van der Waals surface area contributed by atoms with Crippen molar-refractivity contribution in [1.82, 2.24) is 19.5 Å². The number of nitrogen functional groups attached to an aromatic ring is 2. The van der Waals surface area contributed by atoms with Crippen molar-refractivity contribution in [2.45, 2.75) is 13.0 Å². The molecule has 2 aromatic carbocycles. The van der Waals surface area contributed by atoms with Gasteiger partial charge in [-0.2, -0.15) is 15.2 Å². The molecule has 1 unspecified atom stereocenters. The lowest BCUT2D eigenvalue weighted by molar-refractivity contribution is 0.731. The van der Waals surface area contributed by atoms with Gasteiger partial charge in [0.1, 0.15) is 23.3 Å². The lowest BCUT2D eigenvalue weighted by Gasteiger charge is -2.21. The molecule has 5 N–H and O–H groups in total. The number of nitrogens with zero attached hydrogens (tertiary/aromatic N) is 5. The van der Waals surface area contributed by atoms with Crippen molar-refractivity contribution in [1.29, 1.82) is 5.26 Å². The Morgan fingerprint density at radius 1 is 1.10 bits per heavy atom. The summed E-state index contributed by atoms with van der Waals surface area (Å²) >= 11 is 6.31. The molecule has 4 rings (SSSR count). The minimum absolute atomic E-state index is 0.0385. The van der Waals surface area contributed by atoms with E-state index in [1.807, 2.05) is 24.3 Å². The van der Waals surface area contributed by atoms with E-state index in [1.54, 1.807) is 37.3 Å². The number of hydrogen-bond donors (Lipinski definition) is 3. The minimum Gasteiger partial charge on any atom is -0.382 e. The van der Waals surface area contributed by atoms with Gasteiger partial charge in [-0.15, -0.1) is 0 Å². The van der Waals surface area contributed by atoms with E-state index in [2.05, 4.69) is 15.3 Å². The highest BCUT2D eigenvalue weighted by molar-refractivity contribution is 6.35. The van der Waals surface area contributed by atoms with Gasteiger partial charge in [0.15, 0.2) is 5.82 Å². The van der Waals surface area contributed by atoms with Crippen molar-refractivity contribution in [2.75, 3.05) is 16.8 Å². The highest BCUT2D eigenvalue weighted by Crippen LogP contribution is 2.26. The van der Waals surface area contributed by atoms with Crippen molar-refractivity contribution < 1.29 is 0 Å². The van der Waals surface area contributed by atoms with Gasteiger partial charge in [0.05, 0.1) is 27.7 Å². The maximum absolute atomic E-state index is 13.5. The van der Waals surface area contributed by atoms with Crippen LogP contribution in [0.15, 0.2) is 53.3 Å². The zero-order valence-corrected chi connectivity index (χ0v) is 17.1. The topological polar surface area (TPSA) is 149 Å². The highest BCUT2D eigenvalue weighted by Gasteiger charge is 2.21. The number of anilines is 3. The molecule has 0 fully saturated rings. The molecule has 0 radical (unpaired) electrons. The van der Waals surface area contributed by atoms with E-state index in [1.165, 1.54) is 4.57 Å². The van der Waals surface area contributed by atoms with E-state index in [0.717, 1.165) is 0 Å². The van der Waals surface area contributed by atoms with E-state index in [0.29, 0.717) is 27.4 Å². The van der Waals surface area contributed by atoms with E-state index in [9.17, 15) is 10.1 Å². The molecule has 0 aliphatic rings. The minimum atomic E-state index is -0.558. The fourth-order valence-corrected chi connectivity index (χ4v) is 3.55. The number of rotatable bonds is 4. The molecule has 0 amide bonds. The summed E-state index contributed by atoms with van der Waals surface area (Å²) in [6, 6.07) is 15.6. The van der Waals surface area contributed by atoms with Crippen LogP contribution in [-0.2, 0) is 0 Å². The average molecular weight is 433 g/mol. The van der Waals surface area contributed by atoms with Crippen LogP contribution in [0.5, 0.6) is 0 Å². The number of nitriles is 1. The molecule has 0 spiro atoms. The van der Waals surface area contributed by atoms with Crippen LogP contribution in [-0.4, -0.2) is 19.5 Å². The molecule has 9 nitrogen and oxygen atoms in total. The molecule has 0 saturated carbocycles. The third kappa shape index (κ3) is 3.60. The summed E-state index contributed by atoms with van der Waals surface area (Å²) in [7, 11) is 0. The summed E-state index contributed by atoms with van der Waals surface area (Å²) in [5, 5.41) is 13.2. The largest absolute Gasteiger partial charge is 0.382 e. The lowest BCUT2D eigenvalue weighted by Crippen LogP contribution is -2.28. The normalized spacial score (nSPS) is 11.8. The molecule has 2 heterocycles. The van der Waals surface area contributed by atoms with Gasteiger partial charge in [-0.25, -0.2) is 4.98 Å². The Balaban J connectivity index is 1.94. The highest BCUT2D eigenvalue weighted by atomic mass is 35.5. The Labute approximate surface area is 181 Å². The van der Waals surface area contributed by atoms with Crippen LogP contribution < -0.4 is 22.3 Å². The SMILES string of the molecule is CC(Nc1nc(N)nc(N)c1C#N)c1nc2cccc(Cl)c2c(=O)n1-c1ccccc1. The zero-order chi connectivity index (χ0) is 22.1. The predicted octanol–water partition coefficient (Wildman–Crippen LogP) is 3.04. The maximum atomic E-state index is 13.5. The van der Waals surface area contributed by atoms with Crippen molar-refractivity contribution in [3.63, 3.8) is 0 Å². The molecule has 0 aliphatic heterocycles. The number of halogens is 1. The fraction of sp³-hybridized carbons (Fsp3) is 0.0952. The number of nitrogens with one attached hydrogen (secondary N) is 1. The van der Waals surface area contributed by atoms with Crippen molar-refractivity contribution >= 4 is 40.1 Å².